The van der Waals surface area contributed by atoms with Gasteiger partial charge in [-0.2, -0.15) is 0 Å². The summed E-state index contributed by atoms with van der Waals surface area (Å²) in [6.45, 7) is 5.68. The van der Waals surface area contributed by atoms with E-state index in [2.05, 4.69) is 26.9 Å². The molecule has 152 valence electrons. The van der Waals surface area contributed by atoms with Crippen molar-refractivity contribution >= 4 is 0 Å². The van der Waals surface area contributed by atoms with Crippen molar-refractivity contribution in [2.45, 2.75) is 13.1 Å². The van der Waals surface area contributed by atoms with Crippen molar-refractivity contribution in [2.75, 3.05) is 40.4 Å². The highest BCUT2D eigenvalue weighted by molar-refractivity contribution is 5.55. The van der Waals surface area contributed by atoms with E-state index >= 15 is 0 Å². The second-order valence-corrected chi connectivity index (χ2v) is 7.23. The molecule has 1 saturated heterocycles. The average Bonchev–Trinajstić information content (AvgIpc) is 3.24. The number of ether oxygens (including phenoxy) is 2. The van der Waals surface area contributed by atoms with Crippen molar-refractivity contribution in [3.05, 3.63) is 66.2 Å². The van der Waals surface area contributed by atoms with Crippen LogP contribution in [0.15, 0.2) is 59.1 Å². The zero-order valence-corrected chi connectivity index (χ0v) is 17.0. The number of rotatable bonds is 7. The van der Waals surface area contributed by atoms with Gasteiger partial charge in [-0.15, -0.1) is 0 Å². The Labute approximate surface area is 171 Å². The fraction of sp³-hybridized carbons (Fsp3) is 0.348. The third kappa shape index (κ3) is 4.78. The molecule has 6 heteroatoms. The highest BCUT2D eigenvalue weighted by atomic mass is 16.5. The van der Waals surface area contributed by atoms with Crippen LogP contribution in [0.25, 0.3) is 11.3 Å². The van der Waals surface area contributed by atoms with Gasteiger partial charge in [0.2, 0.25) is 5.89 Å². The molecule has 1 fully saturated rings. The lowest BCUT2D eigenvalue weighted by Gasteiger charge is -2.34. The van der Waals surface area contributed by atoms with Crippen LogP contribution in [0.1, 0.15) is 11.5 Å². The monoisotopic (exact) mass is 393 g/mol. The Balaban J connectivity index is 1.29. The van der Waals surface area contributed by atoms with Crippen LogP contribution >= 0.6 is 0 Å². The first-order chi connectivity index (χ1) is 14.2. The Morgan fingerprint density at radius 2 is 1.55 bits per heavy atom. The first-order valence-corrected chi connectivity index (χ1v) is 9.91. The third-order valence-corrected chi connectivity index (χ3v) is 5.29. The van der Waals surface area contributed by atoms with Crippen LogP contribution in [0, 0.1) is 0 Å². The zero-order chi connectivity index (χ0) is 20.1. The van der Waals surface area contributed by atoms with E-state index in [0.717, 1.165) is 68.0 Å². The van der Waals surface area contributed by atoms with E-state index in [0.29, 0.717) is 0 Å². The Morgan fingerprint density at radius 3 is 2.24 bits per heavy atom. The number of hydrogen-bond donors (Lipinski definition) is 0. The number of aromatic nitrogens is 1. The molecule has 6 nitrogen and oxygen atoms in total. The van der Waals surface area contributed by atoms with Gasteiger partial charge in [0.1, 0.15) is 0 Å². The molecular formula is C23H27N3O3. The Bertz CT molecular complexity index is 918. The van der Waals surface area contributed by atoms with Gasteiger partial charge >= 0.3 is 0 Å². The summed E-state index contributed by atoms with van der Waals surface area (Å²) in [5.74, 6) is 3.15. The van der Waals surface area contributed by atoms with Gasteiger partial charge in [-0.1, -0.05) is 36.4 Å². The summed E-state index contributed by atoms with van der Waals surface area (Å²) in [5, 5.41) is 0. The summed E-state index contributed by atoms with van der Waals surface area (Å²) in [4.78, 5) is 9.32. The number of methoxy groups -OCH3 is 2. The SMILES string of the molecule is COc1ccc(CN2CCN(Cc3ncc(-c4ccccc4)o3)CC2)cc1OC. The van der Waals surface area contributed by atoms with Crippen molar-refractivity contribution in [1.29, 1.82) is 0 Å². The normalized spacial score (nSPS) is 15.4. The van der Waals surface area contributed by atoms with E-state index in [1.54, 1.807) is 14.2 Å². The lowest BCUT2D eigenvalue weighted by atomic mass is 10.1. The number of nitrogens with zero attached hydrogens (tertiary/aromatic N) is 3. The summed E-state index contributed by atoms with van der Waals surface area (Å²) in [5.41, 5.74) is 2.29. The molecule has 1 aliphatic heterocycles. The first-order valence-electron chi connectivity index (χ1n) is 9.91. The van der Waals surface area contributed by atoms with Gasteiger partial charge in [-0.25, -0.2) is 4.98 Å². The van der Waals surface area contributed by atoms with Gasteiger partial charge in [0, 0.05) is 38.3 Å². The van der Waals surface area contributed by atoms with Crippen LogP contribution in [0.3, 0.4) is 0 Å². The molecule has 0 aliphatic carbocycles. The molecule has 0 atom stereocenters. The molecule has 0 spiro atoms. The van der Waals surface area contributed by atoms with Gasteiger partial charge in [-0.3, -0.25) is 9.80 Å². The molecule has 29 heavy (non-hydrogen) atoms. The van der Waals surface area contributed by atoms with Gasteiger partial charge in [0.15, 0.2) is 17.3 Å². The van der Waals surface area contributed by atoms with E-state index < -0.39 is 0 Å². The molecule has 0 unspecified atom stereocenters. The lowest BCUT2D eigenvalue weighted by molar-refractivity contribution is 0.114. The zero-order valence-electron chi connectivity index (χ0n) is 17.0. The maximum atomic E-state index is 5.95. The van der Waals surface area contributed by atoms with Crippen LogP contribution in [0.4, 0.5) is 0 Å². The Kier molecular flexibility index (Phi) is 6.12. The van der Waals surface area contributed by atoms with E-state index in [-0.39, 0.29) is 0 Å². The van der Waals surface area contributed by atoms with Crippen LogP contribution in [0.5, 0.6) is 11.5 Å². The van der Waals surface area contributed by atoms with Crippen LogP contribution in [0.2, 0.25) is 0 Å². The standard InChI is InChI=1S/C23H27N3O3/c1-27-20-9-8-18(14-21(20)28-2)16-25-10-12-26(13-11-25)17-23-24-15-22(29-23)19-6-4-3-5-7-19/h3-9,14-15H,10-13,16-17H2,1-2H3. The van der Waals surface area contributed by atoms with Gasteiger partial charge in [0.25, 0.3) is 0 Å². The third-order valence-electron chi connectivity index (χ3n) is 5.29. The molecule has 2 aromatic carbocycles. The van der Waals surface area contributed by atoms with Crippen LogP contribution in [-0.4, -0.2) is 55.2 Å². The molecule has 1 aromatic heterocycles. The van der Waals surface area contributed by atoms with Gasteiger partial charge < -0.3 is 13.9 Å². The van der Waals surface area contributed by atoms with Gasteiger partial charge in [-0.05, 0) is 17.7 Å². The molecule has 4 rings (SSSR count). The van der Waals surface area contributed by atoms with Crippen molar-refractivity contribution in [3.63, 3.8) is 0 Å². The van der Waals surface area contributed by atoms with Crippen molar-refractivity contribution in [2.24, 2.45) is 0 Å². The van der Waals surface area contributed by atoms with Crippen molar-refractivity contribution in [1.82, 2.24) is 14.8 Å². The Morgan fingerprint density at radius 1 is 0.862 bits per heavy atom. The van der Waals surface area contributed by atoms with E-state index in [9.17, 15) is 0 Å². The molecule has 0 radical (unpaired) electrons. The summed E-state index contributed by atoms with van der Waals surface area (Å²) in [7, 11) is 3.33. The predicted octanol–water partition coefficient (Wildman–Crippen LogP) is 3.68. The second-order valence-electron chi connectivity index (χ2n) is 7.23. The molecule has 3 aromatic rings. The fourth-order valence-electron chi connectivity index (χ4n) is 3.65. The van der Waals surface area contributed by atoms with E-state index in [1.165, 1.54) is 5.56 Å². The lowest BCUT2D eigenvalue weighted by Crippen LogP contribution is -2.45. The number of piperazine rings is 1. The maximum absolute atomic E-state index is 5.95. The maximum Gasteiger partial charge on any atom is 0.209 e. The predicted molar refractivity (Wildman–Crippen MR) is 112 cm³/mol. The summed E-state index contributed by atoms with van der Waals surface area (Å²) in [6, 6.07) is 16.2. The average molecular weight is 393 g/mol. The van der Waals surface area contributed by atoms with E-state index in [4.69, 9.17) is 13.9 Å². The minimum absolute atomic E-state index is 0.747. The second kappa shape index (κ2) is 9.11. The largest absolute Gasteiger partial charge is 0.493 e. The molecule has 2 heterocycles. The summed E-state index contributed by atoms with van der Waals surface area (Å²) < 4.78 is 16.7. The van der Waals surface area contributed by atoms with Crippen LogP contribution in [-0.2, 0) is 13.1 Å². The molecule has 0 N–H and O–H groups in total. The molecular weight excluding hydrogens is 366 g/mol. The Hall–Kier alpha value is -2.83. The minimum atomic E-state index is 0.747. The molecule has 0 bridgehead atoms. The minimum Gasteiger partial charge on any atom is -0.493 e. The van der Waals surface area contributed by atoms with E-state index in [1.807, 2.05) is 42.6 Å². The van der Waals surface area contributed by atoms with Crippen molar-refractivity contribution in [3.8, 4) is 22.8 Å². The summed E-state index contributed by atoms with van der Waals surface area (Å²) >= 11 is 0. The van der Waals surface area contributed by atoms with Crippen molar-refractivity contribution < 1.29 is 13.9 Å². The number of oxazole rings is 1. The molecule has 0 saturated carbocycles. The highest BCUT2D eigenvalue weighted by Gasteiger charge is 2.19. The van der Waals surface area contributed by atoms with Gasteiger partial charge in [0.05, 0.1) is 27.0 Å². The topological polar surface area (TPSA) is 51.0 Å². The smallest absolute Gasteiger partial charge is 0.209 e. The summed E-state index contributed by atoms with van der Waals surface area (Å²) in [6.07, 6.45) is 1.82. The fourth-order valence-corrected chi connectivity index (χ4v) is 3.65. The molecule has 0 amide bonds. The quantitative estimate of drug-likeness (QED) is 0.610. The number of benzene rings is 2. The first kappa shape index (κ1) is 19.5. The van der Waals surface area contributed by atoms with Crippen LogP contribution < -0.4 is 9.47 Å². The molecule has 1 aliphatic rings. The number of hydrogen-bond acceptors (Lipinski definition) is 6. The highest BCUT2D eigenvalue weighted by Crippen LogP contribution is 2.28.